The van der Waals surface area contributed by atoms with Crippen LogP contribution in [0.25, 0.3) is 17.0 Å². The minimum absolute atomic E-state index is 0.197. The van der Waals surface area contributed by atoms with Gasteiger partial charge in [-0.05, 0) is 55.2 Å². The zero-order chi connectivity index (χ0) is 32.5. The summed E-state index contributed by atoms with van der Waals surface area (Å²) in [6.07, 6.45) is 22.2. The Morgan fingerprint density at radius 1 is 0.674 bits per heavy atom. The predicted molar refractivity (Wildman–Crippen MR) is 189 cm³/mol. The van der Waals surface area contributed by atoms with E-state index in [0.29, 0.717) is 17.0 Å². The van der Waals surface area contributed by atoms with E-state index in [4.69, 9.17) is 14.2 Å². The van der Waals surface area contributed by atoms with Gasteiger partial charge in [0.15, 0.2) is 0 Å². The molecule has 6 nitrogen and oxygen atoms in total. The summed E-state index contributed by atoms with van der Waals surface area (Å²) in [5.41, 5.74) is 2.66. The molecule has 4 rings (SSSR count). The van der Waals surface area contributed by atoms with Crippen LogP contribution in [0.2, 0.25) is 0 Å². The van der Waals surface area contributed by atoms with Crippen molar-refractivity contribution in [2.75, 3.05) is 20.8 Å². The standard InChI is InChI=1S/C39H51NO5S/c1-43-35-26-28-36(29-27-35)46(41,42)40-31-34(37-24-20-25-38(44-2)39(37)40)23-18-13-11-9-7-5-3-4-6-8-10-12-14-19-30-45-32-33-21-16-15-17-22-33/h15-18,20-29,31H,3-14,19,30,32H2,1-2H3/b23-18-. The first kappa shape index (κ1) is 35.3. The quantitative estimate of drug-likeness (QED) is 0.0796. The molecule has 0 N–H and O–H groups in total. The van der Waals surface area contributed by atoms with Crippen LogP contribution in [0.3, 0.4) is 0 Å². The fourth-order valence-corrected chi connectivity index (χ4v) is 7.19. The topological polar surface area (TPSA) is 66.8 Å². The largest absolute Gasteiger partial charge is 0.497 e. The first-order chi connectivity index (χ1) is 22.5. The minimum Gasteiger partial charge on any atom is -0.497 e. The van der Waals surface area contributed by atoms with Gasteiger partial charge in [-0.25, -0.2) is 12.4 Å². The zero-order valence-electron chi connectivity index (χ0n) is 27.7. The lowest BCUT2D eigenvalue weighted by atomic mass is 10.0. The van der Waals surface area contributed by atoms with E-state index in [9.17, 15) is 8.42 Å². The fraction of sp³-hybridized carbons (Fsp3) is 0.436. The zero-order valence-corrected chi connectivity index (χ0v) is 28.5. The van der Waals surface area contributed by atoms with E-state index in [2.05, 4.69) is 30.3 Å². The molecule has 46 heavy (non-hydrogen) atoms. The van der Waals surface area contributed by atoms with Crippen LogP contribution >= 0.6 is 0 Å². The Balaban J connectivity index is 1.10. The predicted octanol–water partition coefficient (Wildman–Crippen LogP) is 10.2. The molecule has 1 aromatic heterocycles. The highest BCUT2D eigenvalue weighted by atomic mass is 32.2. The molecule has 0 saturated heterocycles. The first-order valence-electron chi connectivity index (χ1n) is 16.9. The van der Waals surface area contributed by atoms with Gasteiger partial charge in [0, 0.05) is 23.8 Å². The second-order valence-electron chi connectivity index (χ2n) is 11.9. The Labute approximate surface area is 276 Å². The number of nitrogens with zero attached hydrogens (tertiary/aromatic N) is 1. The number of methoxy groups -OCH3 is 2. The van der Waals surface area contributed by atoms with Gasteiger partial charge in [0.05, 0.1) is 25.7 Å². The van der Waals surface area contributed by atoms with Crippen molar-refractivity contribution in [1.82, 2.24) is 3.97 Å². The fourth-order valence-electron chi connectivity index (χ4n) is 5.80. The van der Waals surface area contributed by atoms with E-state index >= 15 is 0 Å². The monoisotopic (exact) mass is 645 g/mol. The van der Waals surface area contributed by atoms with E-state index in [-0.39, 0.29) is 4.90 Å². The Morgan fingerprint density at radius 2 is 1.30 bits per heavy atom. The molecule has 0 aliphatic carbocycles. The van der Waals surface area contributed by atoms with Crippen LogP contribution in [0, 0.1) is 0 Å². The Hall–Kier alpha value is -3.55. The van der Waals surface area contributed by atoms with Crippen LogP contribution in [-0.2, 0) is 21.4 Å². The second kappa shape index (κ2) is 19.2. The van der Waals surface area contributed by atoms with Crippen molar-refractivity contribution in [3.05, 3.63) is 96.2 Å². The summed E-state index contributed by atoms with van der Waals surface area (Å²) in [5.74, 6) is 1.13. The van der Waals surface area contributed by atoms with Crippen molar-refractivity contribution in [2.45, 2.75) is 95.0 Å². The van der Waals surface area contributed by atoms with E-state index in [1.807, 2.05) is 24.3 Å². The third-order valence-electron chi connectivity index (χ3n) is 8.44. The Kier molecular flexibility index (Phi) is 14.7. The van der Waals surface area contributed by atoms with Gasteiger partial charge in [0.2, 0.25) is 0 Å². The summed E-state index contributed by atoms with van der Waals surface area (Å²) in [4.78, 5) is 0.197. The summed E-state index contributed by atoms with van der Waals surface area (Å²) in [7, 11) is -0.706. The lowest BCUT2D eigenvalue weighted by molar-refractivity contribution is 0.116. The molecule has 1 heterocycles. The van der Waals surface area contributed by atoms with Crippen molar-refractivity contribution < 1.29 is 22.6 Å². The highest BCUT2D eigenvalue weighted by molar-refractivity contribution is 7.90. The Bertz CT molecular complexity index is 1580. The van der Waals surface area contributed by atoms with Gasteiger partial charge < -0.3 is 14.2 Å². The first-order valence-corrected chi connectivity index (χ1v) is 18.3. The molecule has 3 aromatic carbocycles. The van der Waals surface area contributed by atoms with Crippen LogP contribution in [0.15, 0.2) is 90.0 Å². The van der Waals surface area contributed by atoms with Gasteiger partial charge in [0.25, 0.3) is 10.0 Å². The number of benzene rings is 3. The summed E-state index contributed by atoms with van der Waals surface area (Å²) >= 11 is 0. The number of unbranched alkanes of at least 4 members (excludes halogenated alkanes) is 12. The maximum atomic E-state index is 13.6. The van der Waals surface area contributed by atoms with Gasteiger partial charge in [-0.1, -0.05) is 119 Å². The maximum absolute atomic E-state index is 13.6. The number of rotatable bonds is 22. The summed E-state index contributed by atoms with van der Waals surface area (Å²) in [6, 6.07) is 22.5. The highest BCUT2D eigenvalue weighted by Gasteiger charge is 2.23. The molecule has 0 radical (unpaired) electrons. The summed E-state index contributed by atoms with van der Waals surface area (Å²) in [6.45, 7) is 1.58. The Morgan fingerprint density at radius 3 is 1.93 bits per heavy atom. The number of fused-ring (bicyclic) bond motifs is 1. The van der Waals surface area contributed by atoms with E-state index in [1.54, 1.807) is 50.7 Å². The number of para-hydroxylation sites is 1. The SMILES string of the molecule is COc1ccc(S(=O)(=O)n2cc(/C=C\CCCCCCCCCCCCCCOCc3ccccc3)c3cccc(OC)c32)cc1. The minimum atomic E-state index is -3.83. The van der Waals surface area contributed by atoms with Crippen LogP contribution in [-0.4, -0.2) is 33.2 Å². The molecule has 4 aromatic rings. The normalized spacial score (nSPS) is 11.9. The summed E-state index contributed by atoms with van der Waals surface area (Å²) < 4.78 is 45.2. The lowest BCUT2D eigenvalue weighted by Gasteiger charge is -2.10. The molecule has 0 aliphatic rings. The molecular weight excluding hydrogens is 594 g/mol. The van der Waals surface area contributed by atoms with Crippen molar-refractivity contribution >= 4 is 27.0 Å². The lowest BCUT2D eigenvalue weighted by Crippen LogP contribution is -2.12. The van der Waals surface area contributed by atoms with Gasteiger partial charge >= 0.3 is 0 Å². The van der Waals surface area contributed by atoms with Gasteiger partial charge in [-0.3, -0.25) is 0 Å². The molecular formula is C39H51NO5S. The van der Waals surface area contributed by atoms with E-state index in [1.165, 1.54) is 73.7 Å². The molecule has 0 fully saturated rings. The molecule has 248 valence electrons. The number of hydrogen-bond donors (Lipinski definition) is 0. The summed E-state index contributed by atoms with van der Waals surface area (Å²) in [5, 5.41) is 0.848. The third-order valence-corrected chi connectivity index (χ3v) is 10.1. The van der Waals surface area contributed by atoms with Crippen molar-refractivity contribution in [3.8, 4) is 11.5 Å². The van der Waals surface area contributed by atoms with E-state index < -0.39 is 10.0 Å². The van der Waals surface area contributed by atoms with Crippen molar-refractivity contribution in [3.63, 3.8) is 0 Å². The highest BCUT2D eigenvalue weighted by Crippen LogP contribution is 2.34. The third kappa shape index (κ3) is 10.5. The van der Waals surface area contributed by atoms with Crippen LogP contribution < -0.4 is 9.47 Å². The van der Waals surface area contributed by atoms with Gasteiger partial charge in [0.1, 0.15) is 17.0 Å². The molecule has 0 atom stereocenters. The molecule has 0 spiro atoms. The number of aromatic nitrogens is 1. The molecule has 7 heteroatoms. The van der Waals surface area contributed by atoms with Crippen molar-refractivity contribution in [1.29, 1.82) is 0 Å². The van der Waals surface area contributed by atoms with Crippen LogP contribution in [0.4, 0.5) is 0 Å². The number of allylic oxidation sites excluding steroid dienone is 1. The van der Waals surface area contributed by atoms with Crippen molar-refractivity contribution in [2.24, 2.45) is 0 Å². The van der Waals surface area contributed by atoms with Crippen LogP contribution in [0.1, 0.15) is 94.6 Å². The van der Waals surface area contributed by atoms with Crippen LogP contribution in [0.5, 0.6) is 11.5 Å². The molecule has 0 unspecified atom stereocenters. The molecule has 0 aliphatic heterocycles. The maximum Gasteiger partial charge on any atom is 0.268 e. The number of ether oxygens (including phenoxy) is 3. The smallest absolute Gasteiger partial charge is 0.268 e. The van der Waals surface area contributed by atoms with E-state index in [0.717, 1.165) is 43.4 Å². The average molecular weight is 646 g/mol. The molecule has 0 bridgehead atoms. The molecule has 0 saturated carbocycles. The average Bonchev–Trinajstić information content (AvgIpc) is 3.48. The van der Waals surface area contributed by atoms with Gasteiger partial charge in [-0.2, -0.15) is 0 Å². The molecule has 0 amide bonds. The second-order valence-corrected chi connectivity index (χ2v) is 13.7. The number of hydrogen-bond acceptors (Lipinski definition) is 5. The van der Waals surface area contributed by atoms with Gasteiger partial charge in [-0.15, -0.1) is 0 Å².